The number of nitrogens with two attached hydrogens (primary N) is 1. The fourth-order valence-corrected chi connectivity index (χ4v) is 1.91. The second-order valence-corrected chi connectivity index (χ2v) is 4.33. The maximum absolute atomic E-state index is 13.7. The van der Waals surface area contributed by atoms with Gasteiger partial charge in [0.25, 0.3) is 0 Å². The quantitative estimate of drug-likeness (QED) is 0.681. The maximum atomic E-state index is 13.7. The van der Waals surface area contributed by atoms with Gasteiger partial charge in [0.05, 0.1) is 18.3 Å². The molecule has 0 spiro atoms. The Morgan fingerprint density at radius 1 is 1.18 bits per heavy atom. The molecular weight excluding hydrogens is 311 g/mol. The molecule has 9 heteroatoms. The Labute approximate surface area is 120 Å². The van der Waals surface area contributed by atoms with Gasteiger partial charge < -0.3 is 10.5 Å². The normalized spacial score (nSPS) is 12.5. The van der Waals surface area contributed by atoms with Crippen molar-refractivity contribution < 1.29 is 31.5 Å². The van der Waals surface area contributed by atoms with Crippen LogP contribution in [0.25, 0.3) is 10.9 Å². The van der Waals surface area contributed by atoms with E-state index >= 15 is 0 Å². The van der Waals surface area contributed by atoms with Crippen molar-refractivity contribution in [3.63, 3.8) is 0 Å². The Hall–Kier alpha value is -2.45. The van der Waals surface area contributed by atoms with Crippen LogP contribution in [0.3, 0.4) is 0 Å². The summed E-state index contributed by atoms with van der Waals surface area (Å²) < 4.78 is 69.5. The van der Waals surface area contributed by atoms with Crippen LogP contribution in [0, 0.1) is 0 Å². The molecule has 0 bridgehead atoms. The Morgan fingerprint density at radius 3 is 2.32 bits per heavy atom. The number of esters is 1. The van der Waals surface area contributed by atoms with E-state index in [4.69, 9.17) is 5.73 Å². The molecule has 22 heavy (non-hydrogen) atoms. The van der Waals surface area contributed by atoms with Gasteiger partial charge in [0.2, 0.25) is 0 Å². The van der Waals surface area contributed by atoms with Gasteiger partial charge in [-0.3, -0.25) is 0 Å². The molecular formula is C13H9F5N2O2. The fraction of sp³-hybridized carbons (Fsp3) is 0.231. The number of anilines is 1. The molecule has 2 N–H and O–H groups in total. The summed E-state index contributed by atoms with van der Waals surface area (Å²) in [4.78, 5) is 14.9. The molecule has 2 rings (SSSR count). The number of alkyl halides is 5. The van der Waals surface area contributed by atoms with Gasteiger partial charge in [0.1, 0.15) is 11.3 Å². The Balaban J connectivity index is 2.91. The summed E-state index contributed by atoms with van der Waals surface area (Å²) in [5.41, 5.74) is 1.99. The highest BCUT2D eigenvalue weighted by atomic mass is 19.4. The van der Waals surface area contributed by atoms with Gasteiger partial charge in [0, 0.05) is 5.39 Å². The predicted octanol–water partition coefficient (Wildman–Crippen LogP) is 3.26. The monoisotopic (exact) mass is 320 g/mol. The zero-order chi connectivity index (χ0) is 16.7. The first-order valence-electron chi connectivity index (χ1n) is 5.82. The summed E-state index contributed by atoms with van der Waals surface area (Å²) in [6.07, 6.45) is -5.93. The van der Waals surface area contributed by atoms with Crippen LogP contribution in [0.4, 0.5) is 27.6 Å². The van der Waals surface area contributed by atoms with Crippen molar-refractivity contribution in [1.82, 2.24) is 4.98 Å². The topological polar surface area (TPSA) is 65.2 Å². The van der Waals surface area contributed by atoms with E-state index in [9.17, 15) is 26.7 Å². The first-order valence-corrected chi connectivity index (χ1v) is 5.82. The molecule has 0 saturated heterocycles. The van der Waals surface area contributed by atoms with Crippen molar-refractivity contribution in [2.45, 2.75) is 12.1 Å². The predicted molar refractivity (Wildman–Crippen MR) is 67.4 cm³/mol. The molecule has 0 unspecified atom stereocenters. The SMILES string of the molecule is COC(=O)c1c(C(F)(F)C(F)(F)F)nc2ccccc2c1N. The van der Waals surface area contributed by atoms with Crippen molar-refractivity contribution in [2.75, 3.05) is 12.8 Å². The first kappa shape index (κ1) is 15.9. The highest BCUT2D eigenvalue weighted by Crippen LogP contribution is 2.46. The number of hydrogen-bond donors (Lipinski definition) is 1. The van der Waals surface area contributed by atoms with Crippen LogP contribution < -0.4 is 5.73 Å². The van der Waals surface area contributed by atoms with Crippen molar-refractivity contribution >= 4 is 22.6 Å². The average Bonchev–Trinajstić information content (AvgIpc) is 2.45. The molecule has 0 saturated carbocycles. The summed E-state index contributed by atoms with van der Waals surface area (Å²) in [6, 6.07) is 5.42. The number of ether oxygens (including phenoxy) is 1. The number of pyridine rings is 1. The zero-order valence-corrected chi connectivity index (χ0v) is 11.0. The van der Waals surface area contributed by atoms with Crippen LogP contribution in [-0.2, 0) is 10.7 Å². The van der Waals surface area contributed by atoms with Gasteiger partial charge in [-0.05, 0) is 6.07 Å². The van der Waals surface area contributed by atoms with E-state index in [-0.39, 0.29) is 10.9 Å². The van der Waals surface area contributed by atoms with E-state index in [1.807, 2.05) is 0 Å². The lowest BCUT2D eigenvalue weighted by Crippen LogP contribution is -2.36. The number of para-hydroxylation sites is 1. The minimum atomic E-state index is -5.93. The minimum absolute atomic E-state index is 0.0737. The van der Waals surface area contributed by atoms with Gasteiger partial charge in [-0.2, -0.15) is 22.0 Å². The number of benzene rings is 1. The lowest BCUT2D eigenvalue weighted by atomic mass is 10.0. The zero-order valence-electron chi connectivity index (χ0n) is 11.0. The third-order valence-electron chi connectivity index (χ3n) is 2.98. The number of carbonyl (C=O) groups excluding carboxylic acids is 1. The van der Waals surface area contributed by atoms with Gasteiger partial charge in [-0.1, -0.05) is 18.2 Å². The van der Waals surface area contributed by atoms with Gasteiger partial charge in [0.15, 0.2) is 0 Å². The number of aromatic nitrogens is 1. The smallest absolute Gasteiger partial charge is 0.459 e. The van der Waals surface area contributed by atoms with Gasteiger partial charge in [-0.15, -0.1) is 0 Å². The summed E-state index contributed by atoms with van der Waals surface area (Å²) in [6.45, 7) is 0. The van der Waals surface area contributed by atoms with E-state index in [0.717, 1.165) is 7.11 Å². The Bertz CT molecular complexity index is 743. The highest BCUT2D eigenvalue weighted by molar-refractivity contribution is 6.05. The summed E-state index contributed by atoms with van der Waals surface area (Å²) in [5.74, 6) is -6.77. The van der Waals surface area contributed by atoms with Crippen molar-refractivity contribution in [3.05, 3.63) is 35.5 Å². The number of nitrogens with zero attached hydrogens (tertiary/aromatic N) is 1. The third-order valence-corrected chi connectivity index (χ3v) is 2.98. The van der Waals surface area contributed by atoms with E-state index in [1.54, 1.807) is 0 Å². The molecule has 0 fully saturated rings. The summed E-state index contributed by atoms with van der Waals surface area (Å²) >= 11 is 0. The van der Waals surface area contributed by atoms with Gasteiger partial charge in [-0.25, -0.2) is 9.78 Å². The first-order chi connectivity index (χ1) is 10.1. The molecule has 118 valence electrons. The van der Waals surface area contributed by atoms with Crippen LogP contribution in [0.5, 0.6) is 0 Å². The molecule has 1 aromatic carbocycles. The molecule has 0 amide bonds. The van der Waals surface area contributed by atoms with E-state index < -0.39 is 35.0 Å². The van der Waals surface area contributed by atoms with Crippen LogP contribution in [-0.4, -0.2) is 24.2 Å². The second kappa shape index (κ2) is 5.08. The molecule has 0 aliphatic heterocycles. The number of rotatable bonds is 2. The molecule has 0 aliphatic carbocycles. The van der Waals surface area contributed by atoms with Crippen molar-refractivity contribution in [2.24, 2.45) is 0 Å². The molecule has 1 heterocycles. The van der Waals surface area contributed by atoms with Crippen LogP contribution in [0.1, 0.15) is 16.1 Å². The Kier molecular flexibility index (Phi) is 3.68. The lowest BCUT2D eigenvalue weighted by molar-refractivity contribution is -0.290. The molecule has 0 radical (unpaired) electrons. The van der Waals surface area contributed by atoms with Crippen molar-refractivity contribution in [1.29, 1.82) is 0 Å². The number of halogens is 5. The van der Waals surface area contributed by atoms with E-state index in [0.29, 0.717) is 0 Å². The second-order valence-electron chi connectivity index (χ2n) is 4.33. The summed E-state index contributed by atoms with van der Waals surface area (Å²) in [7, 11) is 0.840. The van der Waals surface area contributed by atoms with E-state index in [2.05, 4.69) is 9.72 Å². The van der Waals surface area contributed by atoms with Crippen LogP contribution in [0.2, 0.25) is 0 Å². The molecule has 0 atom stereocenters. The third kappa shape index (κ3) is 2.32. The number of methoxy groups -OCH3 is 1. The largest absolute Gasteiger partial charge is 0.465 e. The molecule has 0 aliphatic rings. The van der Waals surface area contributed by atoms with Crippen molar-refractivity contribution in [3.8, 4) is 0 Å². The number of nitrogen functional groups attached to an aromatic ring is 1. The molecule has 1 aromatic heterocycles. The van der Waals surface area contributed by atoms with Crippen LogP contribution >= 0.6 is 0 Å². The van der Waals surface area contributed by atoms with Gasteiger partial charge >= 0.3 is 18.1 Å². The average molecular weight is 320 g/mol. The number of hydrogen-bond acceptors (Lipinski definition) is 4. The molecule has 2 aromatic rings. The molecule has 4 nitrogen and oxygen atoms in total. The van der Waals surface area contributed by atoms with E-state index in [1.165, 1.54) is 24.3 Å². The Morgan fingerprint density at radius 2 is 1.77 bits per heavy atom. The standard InChI is InChI=1S/C13H9F5N2O2/c1-22-11(21)8-9(19)6-4-2-3-5-7(6)20-10(8)12(14,15)13(16,17)18/h2-5H,1H3,(H2,19,20). The highest BCUT2D eigenvalue weighted by Gasteiger charge is 2.61. The summed E-state index contributed by atoms with van der Waals surface area (Å²) in [5, 5.41) is 0.0737. The number of fused-ring (bicyclic) bond motifs is 1. The fourth-order valence-electron chi connectivity index (χ4n) is 1.91. The lowest BCUT2D eigenvalue weighted by Gasteiger charge is -2.22. The van der Waals surface area contributed by atoms with Crippen LogP contribution in [0.15, 0.2) is 24.3 Å². The number of carbonyl (C=O) groups is 1. The minimum Gasteiger partial charge on any atom is -0.465 e. The maximum Gasteiger partial charge on any atom is 0.459 e.